The number of carbonyl (C=O) groups is 3. The first kappa shape index (κ1) is 89.2. The Kier molecular flexibility index (Phi) is 39.5. The number of rotatable bonds is 16. The molecule has 4 heterocycles. The Hall–Kier alpha value is -5.80. The number of piperidine rings is 3. The number of halogens is 9. The van der Waals surface area contributed by atoms with Crippen LogP contribution in [0, 0.1) is 20.2 Å². The molecular formula is C51H70B5F9N8O18PdS3. The normalized spacial score (nSPS) is 15.9. The van der Waals surface area contributed by atoms with Gasteiger partial charge in [-0.15, -0.1) is 0 Å². The van der Waals surface area contributed by atoms with Crippen LogP contribution in [0.25, 0.3) is 5.57 Å². The summed E-state index contributed by atoms with van der Waals surface area (Å²) in [6.45, 7) is 9.06. The minimum atomic E-state index is -6.15. The van der Waals surface area contributed by atoms with Gasteiger partial charge in [0.15, 0.2) is 0 Å². The Labute approximate surface area is 563 Å². The van der Waals surface area contributed by atoms with Crippen LogP contribution in [0.1, 0.15) is 63.4 Å². The molecule has 4 aromatic carbocycles. The van der Waals surface area contributed by atoms with Gasteiger partial charge in [-0.25, -0.2) is 0 Å². The van der Waals surface area contributed by atoms with Crippen molar-refractivity contribution in [3.63, 3.8) is 0 Å². The number of nitro benzene ring substituents is 2. The molecular weight excluding hydrogens is 1440 g/mol. The SMILES string of the molecule is CB(O)N1CC=C(c2ccc([N+](=O)[O-])cc2)CC1.CB(O)N1CCC(c2ccc(N)cc2)CC1.O.O.O=C[B]N1CCC(=O)CC1.O=C[B]N1CCC(OS(=O)(=O)C(F)(F)F)CC1.O=S(=O)(N(SC(F)(F)F)c1ccccc1)C(F)(F)F.O=[N+]([O-])c1ccc(B(O)O)cc1.[HH].[Pd]. The van der Waals surface area contributed by atoms with Crippen molar-refractivity contribution < 1.29 is 138 Å². The van der Waals surface area contributed by atoms with Crippen molar-refractivity contribution in [3.05, 3.63) is 141 Å². The van der Waals surface area contributed by atoms with E-state index >= 15 is 0 Å². The molecule has 0 bridgehead atoms. The third-order valence-corrected chi connectivity index (χ3v) is 17.4. The maximum Gasteiger partial charge on any atom is 0.523 e. The molecule has 26 nitrogen and oxygen atoms in total. The van der Waals surface area contributed by atoms with Gasteiger partial charge in [-0.1, -0.05) is 48.5 Å². The molecule has 10 N–H and O–H groups in total. The predicted molar refractivity (Wildman–Crippen MR) is 341 cm³/mol. The van der Waals surface area contributed by atoms with Gasteiger partial charge in [0.1, 0.15) is 5.78 Å². The second-order valence-electron chi connectivity index (χ2n) is 20.2. The number of benzene rings is 4. The molecule has 0 aromatic heterocycles. The second kappa shape index (κ2) is 42.1. The van der Waals surface area contributed by atoms with Crippen LogP contribution in [-0.2, 0) is 59.1 Å². The molecule has 4 aliphatic rings. The number of Topliss-reactive ketones (excluding diaryl/α,β-unsaturated/α-hetero) is 1. The van der Waals surface area contributed by atoms with Gasteiger partial charge >= 0.3 is 57.9 Å². The first-order chi connectivity index (χ1) is 42.9. The summed E-state index contributed by atoms with van der Waals surface area (Å²) >= 11 is -1.39. The number of carbonyl (C=O) groups excluding carboxylic acids is 3. The molecule has 0 unspecified atom stereocenters. The molecule has 44 heteroatoms. The van der Waals surface area contributed by atoms with E-state index in [4.69, 9.17) is 15.8 Å². The molecule has 2 radical (unpaired) electrons. The Morgan fingerprint density at radius 2 is 1.13 bits per heavy atom. The Bertz CT molecular complexity index is 3230. The number of ketones is 1. The number of hydrogen-bond acceptors (Lipinski definition) is 22. The number of sulfonamides is 1. The van der Waals surface area contributed by atoms with Crippen LogP contribution in [-0.4, -0.2) is 206 Å². The molecule has 0 amide bonds. The molecule has 4 aliphatic heterocycles. The molecule has 3 fully saturated rings. The van der Waals surface area contributed by atoms with Crippen LogP contribution in [0.15, 0.2) is 109 Å². The van der Waals surface area contributed by atoms with Crippen molar-refractivity contribution in [2.24, 2.45) is 0 Å². The van der Waals surface area contributed by atoms with E-state index in [2.05, 4.69) is 27.2 Å². The van der Waals surface area contributed by atoms with Gasteiger partial charge < -0.3 is 65.6 Å². The molecule has 95 heavy (non-hydrogen) atoms. The summed E-state index contributed by atoms with van der Waals surface area (Å²) in [5, 5.41) is 56.9. The smallest absolute Gasteiger partial charge is 0.437 e. The molecule has 3 saturated heterocycles. The molecule has 0 spiro atoms. The zero-order valence-electron chi connectivity index (χ0n) is 50.5. The van der Waals surface area contributed by atoms with E-state index in [-0.39, 0.29) is 82.6 Å². The standard InChI is InChI=1S/C12H15BN2O3.C12H19BN2O.C8H5F6NO2S2.C7H10BF3NO4S.C6H6BNO4.C6H9BNO2.2H2O.Pd.H2/c1-13(16)14-8-6-11(7-9-14)10-2-4-12(5-3-10)15(17)18;1-13(16)15-8-6-11(7-9-15)10-2-4-12(14)5-3-10;9-7(10,11)18-15(6-4-2-1-3-5-6)19(16,17)8(12,13)14;9-7(10,11)17(14,15)16-6-1-3-12(4-2-6)8-5-13;9-7(10)5-1-3-6(4-2-5)8(11)12;9-5-7-8-3-1-6(10)2-4-8;;;;/h2-6,16H,7-9H2,1H3;2-5,11,16H,6-9,14H2,1H3;1-5H;5-6H,1-4H2;1-4,9-10H;5H,1-4H2;2*1H2;;1H. The molecule has 0 saturated carbocycles. The average Bonchev–Trinajstić information content (AvgIpc) is 0.789. The molecule has 0 atom stereocenters. The number of nitrogens with two attached hydrogens (primary N) is 1. The van der Waals surface area contributed by atoms with Crippen LogP contribution < -0.4 is 14.9 Å². The van der Waals surface area contributed by atoms with Gasteiger partial charge in [0.05, 0.1) is 46.0 Å². The van der Waals surface area contributed by atoms with Gasteiger partial charge in [-0.3, -0.25) is 29.2 Å². The summed E-state index contributed by atoms with van der Waals surface area (Å²) in [4.78, 5) is 58.1. The summed E-state index contributed by atoms with van der Waals surface area (Å²) in [6, 6.07) is 25.0. The fraction of sp³-hybridized carbons (Fsp3) is 0.431. The van der Waals surface area contributed by atoms with E-state index in [9.17, 15) is 101 Å². The van der Waals surface area contributed by atoms with Crippen LogP contribution in [0.4, 0.5) is 62.3 Å². The fourth-order valence-electron chi connectivity index (χ4n) is 8.65. The maximum atomic E-state index is 12.3. The molecule has 4 aromatic rings. The monoisotopic (exact) mass is 1510 g/mol. The molecule has 0 aliphatic carbocycles. The van der Waals surface area contributed by atoms with E-state index in [1.165, 1.54) is 68.4 Å². The second-order valence-corrected chi connectivity index (χ2v) is 24.8. The average molecular weight is 1510 g/mol. The minimum absolute atomic E-state index is 0. The summed E-state index contributed by atoms with van der Waals surface area (Å²) in [7, 11) is -11.2. The van der Waals surface area contributed by atoms with E-state index in [0.29, 0.717) is 50.4 Å². The van der Waals surface area contributed by atoms with Gasteiger partial charge in [-0.05, 0) is 156 Å². The van der Waals surface area contributed by atoms with Crippen molar-refractivity contribution in [2.45, 2.75) is 87.1 Å². The van der Waals surface area contributed by atoms with Crippen molar-refractivity contribution >= 4 is 120 Å². The maximum absolute atomic E-state index is 12.3. The van der Waals surface area contributed by atoms with E-state index in [1.54, 1.807) is 23.8 Å². The largest absolute Gasteiger partial charge is 0.523 e. The van der Waals surface area contributed by atoms with Gasteiger partial charge in [0.2, 0.25) is 0 Å². The quantitative estimate of drug-likeness (QED) is 0.0120. The molecule has 528 valence electrons. The van der Waals surface area contributed by atoms with E-state index in [1.807, 2.05) is 28.6 Å². The topological polar surface area (TPSA) is 401 Å². The van der Waals surface area contributed by atoms with Crippen molar-refractivity contribution in [1.82, 2.24) is 19.2 Å². The first-order valence-corrected chi connectivity index (χ1v) is 31.2. The van der Waals surface area contributed by atoms with Crippen LogP contribution in [0.2, 0.25) is 13.6 Å². The minimum Gasteiger partial charge on any atom is -0.437 e. The van der Waals surface area contributed by atoms with E-state index < -0.39 is 88.1 Å². The number of nitrogen functional groups attached to an aromatic ring is 1. The number of anilines is 2. The number of para-hydroxylation sites is 1. The van der Waals surface area contributed by atoms with Crippen molar-refractivity contribution in [2.75, 3.05) is 61.8 Å². The van der Waals surface area contributed by atoms with E-state index in [0.717, 1.165) is 80.6 Å². The fourth-order valence-corrected chi connectivity index (χ4v) is 11.2. The summed E-state index contributed by atoms with van der Waals surface area (Å²) in [6.07, 6.45) is 6.92. The summed E-state index contributed by atoms with van der Waals surface area (Å²) in [5.74, 6) is 0.922. The van der Waals surface area contributed by atoms with Crippen LogP contribution >= 0.6 is 11.9 Å². The zero-order valence-corrected chi connectivity index (χ0v) is 54.5. The number of nitrogens with zero attached hydrogens (tertiary/aromatic N) is 7. The summed E-state index contributed by atoms with van der Waals surface area (Å²) < 4.78 is 157. The van der Waals surface area contributed by atoms with Crippen LogP contribution in [0.3, 0.4) is 0 Å². The third kappa shape index (κ3) is 31.5. The van der Waals surface area contributed by atoms with Gasteiger partial charge in [0, 0.05) is 71.2 Å². The zero-order chi connectivity index (χ0) is 69.2. The van der Waals surface area contributed by atoms with Crippen LogP contribution in [0.5, 0.6) is 0 Å². The van der Waals surface area contributed by atoms with Gasteiger partial charge in [-0.2, -0.15) is 60.1 Å². The van der Waals surface area contributed by atoms with Gasteiger partial charge in [0.25, 0.3) is 26.2 Å². The predicted octanol–water partition coefficient (Wildman–Crippen LogP) is 4.32. The summed E-state index contributed by atoms with van der Waals surface area (Å²) in [5.41, 5.74) is -6.80. The third-order valence-electron chi connectivity index (χ3n) is 13.7. The number of nitro groups is 2. The molecule has 8 rings (SSSR count). The number of non-ortho nitro benzene ring substituents is 2. The Morgan fingerprint density at radius 3 is 1.52 bits per heavy atom. The van der Waals surface area contributed by atoms with Crippen molar-refractivity contribution in [1.29, 1.82) is 0 Å². The Balaban J connectivity index is 0. The Morgan fingerprint density at radius 1 is 0.663 bits per heavy atom. The first-order valence-electron chi connectivity index (χ1n) is 27.6. The number of hydrogen-bond donors (Lipinski definition) is 5. The number of alkyl halides is 9. The van der Waals surface area contributed by atoms with Crippen molar-refractivity contribution in [3.8, 4) is 0 Å².